The van der Waals surface area contributed by atoms with Crippen LogP contribution in [0, 0.1) is 0 Å². The highest BCUT2D eigenvalue weighted by Gasteiger charge is 2.50. The van der Waals surface area contributed by atoms with E-state index in [-0.39, 0.29) is 17.4 Å². The van der Waals surface area contributed by atoms with E-state index in [1.807, 2.05) is 18.2 Å². The molecule has 0 heterocycles. The van der Waals surface area contributed by atoms with Gasteiger partial charge in [0, 0.05) is 0 Å². The van der Waals surface area contributed by atoms with Crippen LogP contribution in [0.1, 0.15) is 43.0 Å². The zero-order valence-corrected chi connectivity index (χ0v) is 23.2. The molecule has 0 aliphatic heterocycles. The minimum atomic E-state index is -2.65. The van der Waals surface area contributed by atoms with Gasteiger partial charge in [-0.05, 0) is 44.1 Å². The lowest BCUT2D eigenvalue weighted by molar-refractivity contribution is -0.139. The van der Waals surface area contributed by atoms with E-state index in [0.29, 0.717) is 6.61 Å². The van der Waals surface area contributed by atoms with Crippen molar-refractivity contribution in [3.63, 3.8) is 0 Å². The van der Waals surface area contributed by atoms with E-state index in [9.17, 15) is 4.79 Å². The molecule has 0 spiro atoms. The fraction of sp³-hybridized carbons (Fsp3) is 0.242. The molecule has 37 heavy (non-hydrogen) atoms. The first-order valence-electron chi connectivity index (χ1n) is 12.8. The Morgan fingerprint density at radius 1 is 0.649 bits per heavy atom. The van der Waals surface area contributed by atoms with Gasteiger partial charge in [-0.15, -0.1) is 0 Å². The van der Waals surface area contributed by atoms with E-state index in [4.69, 9.17) is 9.16 Å². The second-order valence-electron chi connectivity index (χ2n) is 10.4. The van der Waals surface area contributed by atoms with E-state index in [1.54, 1.807) is 0 Å². The minimum Gasteiger partial charge on any atom is -0.469 e. The highest BCUT2D eigenvalue weighted by molar-refractivity contribution is 6.99. The molecule has 0 aromatic heterocycles. The standard InChI is InChI=1S/C33H36O3Si/c1-33(2,3)37(30-19-7-5-8-20-30,31-21-9-6-10-22-31)36-25-29-18-14-13-16-27(29)23-26-15-11-12-17-28(26)24-32(34)35-4/h5-22H,23-25H2,1-4H3. The summed E-state index contributed by atoms with van der Waals surface area (Å²) in [6.07, 6.45) is 1.00. The van der Waals surface area contributed by atoms with Gasteiger partial charge in [0.25, 0.3) is 8.32 Å². The zero-order valence-electron chi connectivity index (χ0n) is 22.2. The molecule has 4 rings (SSSR count). The summed E-state index contributed by atoms with van der Waals surface area (Å²) >= 11 is 0. The van der Waals surface area contributed by atoms with E-state index in [2.05, 4.69) is 112 Å². The Labute approximate surface area is 222 Å². The van der Waals surface area contributed by atoms with E-state index in [1.165, 1.54) is 28.6 Å². The molecule has 0 aliphatic carbocycles. The van der Waals surface area contributed by atoms with Crippen molar-refractivity contribution in [1.82, 2.24) is 0 Å². The first kappa shape index (κ1) is 26.6. The number of hydrogen-bond acceptors (Lipinski definition) is 3. The third-order valence-electron chi connectivity index (χ3n) is 7.04. The van der Waals surface area contributed by atoms with Gasteiger partial charge in [-0.2, -0.15) is 0 Å². The molecule has 0 amide bonds. The van der Waals surface area contributed by atoms with Crippen molar-refractivity contribution in [3.8, 4) is 0 Å². The summed E-state index contributed by atoms with van der Waals surface area (Å²) in [4.78, 5) is 12.0. The second kappa shape index (κ2) is 11.7. The van der Waals surface area contributed by atoms with Crippen molar-refractivity contribution in [3.05, 3.63) is 131 Å². The topological polar surface area (TPSA) is 35.5 Å². The second-order valence-corrected chi connectivity index (χ2v) is 14.7. The first-order valence-corrected chi connectivity index (χ1v) is 14.7. The van der Waals surface area contributed by atoms with Crippen LogP contribution in [0.3, 0.4) is 0 Å². The van der Waals surface area contributed by atoms with Crippen LogP contribution in [-0.4, -0.2) is 21.4 Å². The maximum absolute atomic E-state index is 12.0. The van der Waals surface area contributed by atoms with Crippen LogP contribution in [0.15, 0.2) is 109 Å². The Kier molecular flexibility index (Phi) is 8.42. The van der Waals surface area contributed by atoms with Gasteiger partial charge in [0.15, 0.2) is 0 Å². The van der Waals surface area contributed by atoms with E-state index < -0.39 is 8.32 Å². The zero-order chi connectivity index (χ0) is 26.3. The van der Waals surface area contributed by atoms with E-state index >= 15 is 0 Å². The Bertz CT molecular complexity index is 1270. The van der Waals surface area contributed by atoms with Crippen molar-refractivity contribution in [2.75, 3.05) is 7.11 Å². The summed E-state index contributed by atoms with van der Waals surface area (Å²) in [5.41, 5.74) is 4.50. The van der Waals surface area contributed by atoms with Gasteiger partial charge in [-0.25, -0.2) is 0 Å². The number of methoxy groups -OCH3 is 1. The van der Waals surface area contributed by atoms with Crippen LogP contribution in [0.25, 0.3) is 0 Å². The Hall–Kier alpha value is -3.47. The molecule has 0 aliphatic rings. The number of carbonyl (C=O) groups excluding carboxylic acids is 1. The van der Waals surface area contributed by atoms with Crippen molar-refractivity contribution in [1.29, 1.82) is 0 Å². The molecule has 0 unspecified atom stereocenters. The highest BCUT2D eigenvalue weighted by Crippen LogP contribution is 2.37. The SMILES string of the molecule is COC(=O)Cc1ccccc1Cc1ccccc1CO[Si](c1ccccc1)(c1ccccc1)C(C)(C)C. The number of ether oxygens (including phenoxy) is 1. The van der Waals surface area contributed by atoms with Crippen molar-refractivity contribution in [2.45, 2.75) is 45.3 Å². The molecule has 0 bridgehead atoms. The number of esters is 1. The summed E-state index contributed by atoms with van der Waals surface area (Å²) in [5, 5.41) is 2.46. The molecule has 0 atom stereocenters. The summed E-state index contributed by atoms with van der Waals surface area (Å²) in [6.45, 7) is 7.42. The normalized spacial score (nSPS) is 11.8. The van der Waals surface area contributed by atoms with Crippen LogP contribution in [0.5, 0.6) is 0 Å². The lowest BCUT2D eigenvalue weighted by atomic mass is 9.95. The average Bonchev–Trinajstić information content (AvgIpc) is 2.91. The molecule has 0 saturated carbocycles. The maximum Gasteiger partial charge on any atom is 0.309 e. The van der Waals surface area contributed by atoms with Crippen LogP contribution < -0.4 is 10.4 Å². The quantitative estimate of drug-likeness (QED) is 0.203. The van der Waals surface area contributed by atoms with Crippen molar-refractivity contribution >= 4 is 24.7 Å². The number of benzene rings is 4. The summed E-state index contributed by atoms with van der Waals surface area (Å²) in [7, 11) is -1.21. The average molecular weight is 509 g/mol. The molecule has 3 nitrogen and oxygen atoms in total. The van der Waals surface area contributed by atoms with Crippen LogP contribution in [-0.2, 0) is 33.4 Å². The monoisotopic (exact) mass is 508 g/mol. The van der Waals surface area contributed by atoms with Gasteiger partial charge < -0.3 is 9.16 Å². The highest BCUT2D eigenvalue weighted by atomic mass is 28.4. The summed E-state index contributed by atoms with van der Waals surface area (Å²) in [6, 6.07) is 38.0. The lowest BCUT2D eigenvalue weighted by Gasteiger charge is -2.43. The Balaban J connectivity index is 1.71. The number of carbonyl (C=O) groups is 1. The van der Waals surface area contributed by atoms with Crippen molar-refractivity contribution in [2.24, 2.45) is 0 Å². The molecule has 4 aromatic rings. The largest absolute Gasteiger partial charge is 0.469 e. The van der Waals surface area contributed by atoms with Gasteiger partial charge in [-0.1, -0.05) is 130 Å². The molecule has 0 fully saturated rings. The molecule has 0 saturated heterocycles. The van der Waals surface area contributed by atoms with Gasteiger partial charge >= 0.3 is 5.97 Å². The first-order chi connectivity index (χ1) is 17.8. The third-order valence-corrected chi connectivity index (χ3v) is 12.0. The molecule has 4 heteroatoms. The van der Waals surface area contributed by atoms with Crippen LogP contribution in [0.2, 0.25) is 5.04 Å². The molecule has 190 valence electrons. The third kappa shape index (κ3) is 5.92. The number of rotatable bonds is 9. The molecular formula is C33H36O3Si. The Morgan fingerprint density at radius 2 is 1.08 bits per heavy atom. The van der Waals surface area contributed by atoms with Crippen molar-refractivity contribution < 1.29 is 14.0 Å². The fourth-order valence-electron chi connectivity index (χ4n) is 5.15. The smallest absolute Gasteiger partial charge is 0.309 e. The minimum absolute atomic E-state index is 0.0856. The van der Waals surface area contributed by atoms with Gasteiger partial charge in [0.05, 0.1) is 20.1 Å². The summed E-state index contributed by atoms with van der Waals surface area (Å²) < 4.78 is 12.1. The maximum atomic E-state index is 12.0. The molecule has 0 N–H and O–H groups in total. The van der Waals surface area contributed by atoms with Crippen LogP contribution >= 0.6 is 0 Å². The van der Waals surface area contributed by atoms with E-state index in [0.717, 1.165) is 17.5 Å². The van der Waals surface area contributed by atoms with Gasteiger partial charge in [0.2, 0.25) is 0 Å². The molecule has 4 aromatic carbocycles. The predicted molar refractivity (Wildman–Crippen MR) is 154 cm³/mol. The lowest BCUT2D eigenvalue weighted by Crippen LogP contribution is -2.66. The molecule has 0 radical (unpaired) electrons. The fourth-order valence-corrected chi connectivity index (χ4v) is 9.68. The van der Waals surface area contributed by atoms with Gasteiger partial charge in [-0.3, -0.25) is 4.79 Å². The predicted octanol–water partition coefficient (Wildman–Crippen LogP) is 6.07. The van der Waals surface area contributed by atoms with Crippen LogP contribution in [0.4, 0.5) is 0 Å². The Morgan fingerprint density at radius 3 is 1.57 bits per heavy atom. The number of hydrogen-bond donors (Lipinski definition) is 0. The molecular weight excluding hydrogens is 472 g/mol. The van der Waals surface area contributed by atoms with Gasteiger partial charge in [0.1, 0.15) is 0 Å². The summed E-state index contributed by atoms with van der Waals surface area (Å²) in [5.74, 6) is -0.226.